The van der Waals surface area contributed by atoms with E-state index in [4.69, 9.17) is 0 Å². The van der Waals surface area contributed by atoms with Crippen molar-refractivity contribution in [1.29, 1.82) is 0 Å². The molecule has 1 aromatic heterocycles. The summed E-state index contributed by atoms with van der Waals surface area (Å²) in [5.41, 5.74) is 4.72. The van der Waals surface area contributed by atoms with Gasteiger partial charge in [-0.2, -0.15) is 0 Å². The predicted molar refractivity (Wildman–Crippen MR) is 141 cm³/mol. The molecule has 4 rings (SSSR count). The van der Waals surface area contributed by atoms with E-state index in [0.717, 1.165) is 38.2 Å². The second-order valence-corrected chi connectivity index (χ2v) is 11.7. The molecule has 1 heterocycles. The number of carbonyl (C=O) groups is 1. The Labute approximate surface area is 204 Å². The van der Waals surface area contributed by atoms with E-state index in [1.807, 2.05) is 73.0 Å². The number of hydrogen-bond donors (Lipinski definition) is 1. The Hall–Kier alpha value is -3.16. The van der Waals surface area contributed by atoms with Gasteiger partial charge in [0.1, 0.15) is 9.84 Å². The minimum absolute atomic E-state index is 0.195. The van der Waals surface area contributed by atoms with Gasteiger partial charge in [-0.1, -0.05) is 24.3 Å². The molecule has 0 bridgehead atoms. The summed E-state index contributed by atoms with van der Waals surface area (Å²) in [6, 6.07) is 22.9. The number of benzene rings is 3. The molecule has 34 heavy (non-hydrogen) atoms. The zero-order valence-electron chi connectivity index (χ0n) is 19.3. The molecule has 1 N–H and O–H groups in total. The Kier molecular flexibility index (Phi) is 7.05. The predicted octanol–water partition coefficient (Wildman–Crippen LogP) is 5.85. The Morgan fingerprint density at radius 2 is 1.82 bits per heavy atom. The molecular weight excluding hydrogens is 464 g/mol. The largest absolute Gasteiger partial charge is 0.322 e. The van der Waals surface area contributed by atoms with Crippen LogP contribution in [0.25, 0.3) is 22.0 Å². The van der Waals surface area contributed by atoms with Gasteiger partial charge in [0.15, 0.2) is 0 Å². The van der Waals surface area contributed by atoms with Crippen LogP contribution in [0.4, 0.5) is 5.69 Å². The highest BCUT2D eigenvalue weighted by Crippen LogP contribution is 2.30. The summed E-state index contributed by atoms with van der Waals surface area (Å²) in [5, 5.41) is 3.40. The maximum absolute atomic E-state index is 13.0. The lowest BCUT2D eigenvalue weighted by atomic mass is 9.96. The van der Waals surface area contributed by atoms with E-state index < -0.39 is 15.1 Å². The number of rotatable bonds is 7. The maximum atomic E-state index is 13.0. The molecule has 5 nitrogen and oxygen atoms in total. The molecule has 1 unspecified atom stereocenters. The normalized spacial score (nSPS) is 12.4. The van der Waals surface area contributed by atoms with Gasteiger partial charge in [0.25, 0.3) is 5.91 Å². The Morgan fingerprint density at radius 3 is 2.59 bits per heavy atom. The van der Waals surface area contributed by atoms with Crippen LogP contribution in [0.1, 0.15) is 22.8 Å². The zero-order valence-corrected chi connectivity index (χ0v) is 20.9. The lowest BCUT2D eigenvalue weighted by molar-refractivity contribution is 0.102. The lowest BCUT2D eigenvalue weighted by Crippen LogP contribution is -2.18. The molecule has 0 fully saturated rings. The SMILES string of the molecule is CSc1cccc(NC(=O)c2cccc(-c3cc(CC(C)S(C)(=O)=O)cc4cccnc34)c2)c1. The Balaban J connectivity index is 1.71. The number of pyridine rings is 1. The first-order valence-corrected chi connectivity index (χ1v) is 14.0. The Bertz CT molecular complexity index is 1470. The summed E-state index contributed by atoms with van der Waals surface area (Å²) in [4.78, 5) is 18.6. The molecule has 0 spiro atoms. The van der Waals surface area contributed by atoms with E-state index in [2.05, 4.69) is 10.3 Å². The molecule has 1 atom stereocenters. The fraction of sp³-hybridized carbons (Fsp3) is 0.185. The third-order valence-corrected chi connectivity index (χ3v) is 8.14. The smallest absolute Gasteiger partial charge is 0.255 e. The van der Waals surface area contributed by atoms with Gasteiger partial charge in [0.2, 0.25) is 0 Å². The second kappa shape index (κ2) is 9.99. The summed E-state index contributed by atoms with van der Waals surface area (Å²) in [5.74, 6) is -0.195. The standard InChI is InChI=1S/C27H26N2O3S2/c1-18(34(3,31)32)13-19-14-21-9-6-12-28-26(21)25(15-19)20-7-4-8-22(16-20)27(30)29-23-10-5-11-24(17-23)33-2/h4-12,14-18H,13H2,1-3H3,(H,29,30). The van der Waals surface area contributed by atoms with Crippen molar-refractivity contribution in [3.05, 3.63) is 90.1 Å². The topological polar surface area (TPSA) is 76.1 Å². The van der Waals surface area contributed by atoms with Crippen LogP contribution in [-0.4, -0.2) is 37.1 Å². The first-order chi connectivity index (χ1) is 16.2. The van der Waals surface area contributed by atoms with Gasteiger partial charge in [-0.05, 0) is 79.3 Å². The molecule has 0 aliphatic carbocycles. The number of aromatic nitrogens is 1. The summed E-state index contributed by atoms with van der Waals surface area (Å²) in [6.07, 6.45) is 5.40. The lowest BCUT2D eigenvalue weighted by Gasteiger charge is -2.14. The quantitative estimate of drug-likeness (QED) is 0.329. The molecule has 4 aromatic rings. The van der Waals surface area contributed by atoms with Crippen LogP contribution < -0.4 is 5.32 Å². The van der Waals surface area contributed by atoms with Crippen LogP contribution in [-0.2, 0) is 16.3 Å². The Morgan fingerprint density at radius 1 is 1.03 bits per heavy atom. The van der Waals surface area contributed by atoms with Crippen molar-refractivity contribution in [3.63, 3.8) is 0 Å². The number of carbonyl (C=O) groups excluding carboxylic acids is 1. The number of nitrogens with zero attached hydrogens (tertiary/aromatic N) is 1. The van der Waals surface area contributed by atoms with E-state index in [1.165, 1.54) is 6.26 Å². The van der Waals surface area contributed by atoms with E-state index >= 15 is 0 Å². The highest BCUT2D eigenvalue weighted by molar-refractivity contribution is 7.98. The minimum Gasteiger partial charge on any atom is -0.322 e. The molecular formula is C27H26N2O3S2. The molecule has 0 saturated heterocycles. The molecule has 174 valence electrons. The van der Waals surface area contributed by atoms with Crippen molar-refractivity contribution in [3.8, 4) is 11.1 Å². The minimum atomic E-state index is -3.15. The van der Waals surface area contributed by atoms with Gasteiger partial charge in [-0.15, -0.1) is 11.8 Å². The van der Waals surface area contributed by atoms with Crippen LogP contribution >= 0.6 is 11.8 Å². The molecule has 0 saturated carbocycles. The van der Waals surface area contributed by atoms with Gasteiger partial charge < -0.3 is 5.32 Å². The van der Waals surface area contributed by atoms with E-state index in [-0.39, 0.29) is 5.91 Å². The summed E-state index contributed by atoms with van der Waals surface area (Å²) >= 11 is 1.62. The highest BCUT2D eigenvalue weighted by atomic mass is 32.2. The van der Waals surface area contributed by atoms with E-state index in [9.17, 15) is 13.2 Å². The molecule has 3 aromatic carbocycles. The first kappa shape index (κ1) is 24.0. The van der Waals surface area contributed by atoms with Crippen LogP contribution in [0.2, 0.25) is 0 Å². The van der Waals surface area contributed by atoms with Crippen molar-refractivity contribution in [2.45, 2.75) is 23.5 Å². The van der Waals surface area contributed by atoms with Gasteiger partial charge in [-0.25, -0.2) is 8.42 Å². The monoisotopic (exact) mass is 490 g/mol. The third kappa shape index (κ3) is 5.48. The zero-order chi connectivity index (χ0) is 24.3. The highest BCUT2D eigenvalue weighted by Gasteiger charge is 2.17. The number of sulfone groups is 1. The second-order valence-electron chi connectivity index (χ2n) is 8.33. The molecule has 7 heteroatoms. The van der Waals surface area contributed by atoms with Gasteiger partial charge in [-0.3, -0.25) is 9.78 Å². The van der Waals surface area contributed by atoms with Crippen LogP contribution in [0.3, 0.4) is 0 Å². The van der Waals surface area contributed by atoms with Crippen molar-refractivity contribution >= 4 is 44.1 Å². The first-order valence-electron chi connectivity index (χ1n) is 10.9. The number of thioether (sulfide) groups is 1. The average molecular weight is 491 g/mol. The molecule has 1 amide bonds. The number of anilines is 1. The number of amides is 1. The summed E-state index contributed by atoms with van der Waals surface area (Å²) < 4.78 is 24.0. The fourth-order valence-electron chi connectivity index (χ4n) is 3.81. The van der Waals surface area contributed by atoms with Crippen molar-refractivity contribution in [1.82, 2.24) is 4.98 Å². The van der Waals surface area contributed by atoms with Crippen LogP contribution in [0, 0.1) is 0 Å². The number of fused-ring (bicyclic) bond motifs is 1. The van der Waals surface area contributed by atoms with Gasteiger partial charge >= 0.3 is 0 Å². The van der Waals surface area contributed by atoms with E-state index in [1.54, 1.807) is 30.9 Å². The van der Waals surface area contributed by atoms with Gasteiger partial charge in [0.05, 0.1) is 10.8 Å². The third-order valence-electron chi connectivity index (χ3n) is 5.78. The average Bonchev–Trinajstić information content (AvgIpc) is 2.83. The van der Waals surface area contributed by atoms with Crippen molar-refractivity contribution in [2.75, 3.05) is 17.8 Å². The van der Waals surface area contributed by atoms with Gasteiger partial charge in [0, 0.05) is 39.5 Å². The fourth-order valence-corrected chi connectivity index (χ4v) is 4.76. The number of hydrogen-bond acceptors (Lipinski definition) is 5. The van der Waals surface area contributed by atoms with Crippen LogP contribution in [0.5, 0.6) is 0 Å². The summed E-state index contributed by atoms with van der Waals surface area (Å²) in [7, 11) is -3.15. The van der Waals surface area contributed by atoms with Crippen LogP contribution in [0.15, 0.2) is 83.9 Å². The van der Waals surface area contributed by atoms with E-state index in [0.29, 0.717) is 12.0 Å². The molecule has 0 aliphatic rings. The number of nitrogens with one attached hydrogen (secondary N) is 1. The summed E-state index contributed by atoms with van der Waals surface area (Å²) in [6.45, 7) is 1.72. The van der Waals surface area contributed by atoms with Crippen molar-refractivity contribution < 1.29 is 13.2 Å². The van der Waals surface area contributed by atoms with Crippen molar-refractivity contribution in [2.24, 2.45) is 0 Å². The maximum Gasteiger partial charge on any atom is 0.255 e. The molecule has 0 radical (unpaired) electrons. The molecule has 0 aliphatic heterocycles.